The van der Waals surface area contributed by atoms with Crippen molar-refractivity contribution in [2.24, 2.45) is 0 Å². The van der Waals surface area contributed by atoms with Crippen molar-refractivity contribution in [3.8, 4) is 11.5 Å². The van der Waals surface area contributed by atoms with E-state index >= 15 is 0 Å². The number of amides is 1. The van der Waals surface area contributed by atoms with Gasteiger partial charge in [0, 0.05) is 12.5 Å². The highest BCUT2D eigenvalue weighted by Crippen LogP contribution is 2.32. The molecular weight excluding hydrogens is 292 g/mol. The first-order valence-electron chi connectivity index (χ1n) is 6.75. The molecular formula is C16H13F2NO3. The Morgan fingerprint density at radius 3 is 2.73 bits per heavy atom. The average molecular weight is 305 g/mol. The van der Waals surface area contributed by atoms with E-state index in [0.29, 0.717) is 17.9 Å². The molecule has 4 nitrogen and oxygen atoms in total. The standard InChI is InChI=1S/C16H13F2NO3/c17-11-3-4-13(12(18)8-11)19-16(20)6-2-10-1-5-14-15(7-10)22-9-21-14/h1,3-5,7-8H,2,6,9H2,(H,19,20). The normalized spacial score (nSPS) is 12.3. The molecule has 0 aliphatic carbocycles. The Labute approximate surface area is 125 Å². The number of carbonyl (C=O) groups excluding carboxylic acids is 1. The molecule has 1 N–H and O–H groups in total. The van der Waals surface area contributed by atoms with Crippen molar-refractivity contribution < 1.29 is 23.0 Å². The molecule has 2 aromatic rings. The molecule has 2 aromatic carbocycles. The van der Waals surface area contributed by atoms with E-state index in [1.807, 2.05) is 12.1 Å². The molecule has 0 spiro atoms. The molecule has 1 amide bonds. The van der Waals surface area contributed by atoms with E-state index in [1.54, 1.807) is 6.07 Å². The highest BCUT2D eigenvalue weighted by molar-refractivity contribution is 5.90. The molecule has 0 atom stereocenters. The molecule has 3 rings (SSSR count). The van der Waals surface area contributed by atoms with Gasteiger partial charge in [0.2, 0.25) is 12.7 Å². The molecule has 6 heteroatoms. The third-order valence-corrected chi connectivity index (χ3v) is 3.28. The van der Waals surface area contributed by atoms with E-state index in [0.717, 1.165) is 17.7 Å². The summed E-state index contributed by atoms with van der Waals surface area (Å²) in [4.78, 5) is 11.8. The van der Waals surface area contributed by atoms with Crippen molar-refractivity contribution >= 4 is 11.6 Å². The second-order valence-electron chi connectivity index (χ2n) is 4.86. The number of ether oxygens (including phenoxy) is 2. The molecule has 1 heterocycles. The van der Waals surface area contributed by atoms with Crippen LogP contribution in [0.2, 0.25) is 0 Å². The predicted octanol–water partition coefficient (Wildman–Crippen LogP) is 3.26. The Balaban J connectivity index is 1.58. The molecule has 1 aliphatic heterocycles. The predicted molar refractivity (Wildman–Crippen MR) is 75.9 cm³/mol. The molecule has 0 aromatic heterocycles. The summed E-state index contributed by atoms with van der Waals surface area (Å²) >= 11 is 0. The summed E-state index contributed by atoms with van der Waals surface area (Å²) in [6, 6.07) is 8.47. The van der Waals surface area contributed by atoms with Crippen molar-refractivity contribution in [1.29, 1.82) is 0 Å². The fraction of sp³-hybridized carbons (Fsp3) is 0.188. The van der Waals surface area contributed by atoms with Gasteiger partial charge in [-0.3, -0.25) is 4.79 Å². The molecule has 0 saturated heterocycles. The Morgan fingerprint density at radius 2 is 1.91 bits per heavy atom. The second kappa shape index (κ2) is 6.01. The largest absolute Gasteiger partial charge is 0.454 e. The maximum Gasteiger partial charge on any atom is 0.231 e. The first kappa shape index (κ1) is 14.3. The van der Waals surface area contributed by atoms with Gasteiger partial charge >= 0.3 is 0 Å². The van der Waals surface area contributed by atoms with Gasteiger partial charge in [0.25, 0.3) is 0 Å². The smallest absolute Gasteiger partial charge is 0.231 e. The topological polar surface area (TPSA) is 47.6 Å². The van der Waals surface area contributed by atoms with E-state index in [2.05, 4.69) is 5.32 Å². The molecule has 0 fully saturated rings. The van der Waals surface area contributed by atoms with Gasteiger partial charge in [-0.05, 0) is 36.2 Å². The molecule has 114 valence electrons. The minimum atomic E-state index is -0.795. The lowest BCUT2D eigenvalue weighted by Crippen LogP contribution is -2.13. The highest BCUT2D eigenvalue weighted by Gasteiger charge is 2.14. The third-order valence-electron chi connectivity index (χ3n) is 3.28. The Hall–Kier alpha value is -2.63. The first-order chi connectivity index (χ1) is 10.6. The summed E-state index contributed by atoms with van der Waals surface area (Å²) in [5.41, 5.74) is 0.885. The van der Waals surface area contributed by atoms with E-state index in [4.69, 9.17) is 9.47 Å². The van der Waals surface area contributed by atoms with Crippen molar-refractivity contribution in [3.05, 3.63) is 53.6 Å². The first-order valence-corrected chi connectivity index (χ1v) is 6.75. The number of hydrogen-bond donors (Lipinski definition) is 1. The number of anilines is 1. The Morgan fingerprint density at radius 1 is 1.09 bits per heavy atom. The van der Waals surface area contributed by atoms with Crippen molar-refractivity contribution in [2.75, 3.05) is 12.1 Å². The lowest BCUT2D eigenvalue weighted by molar-refractivity contribution is -0.116. The summed E-state index contributed by atoms with van der Waals surface area (Å²) in [6.07, 6.45) is 0.655. The van der Waals surface area contributed by atoms with E-state index < -0.39 is 11.6 Å². The van der Waals surface area contributed by atoms with Crippen molar-refractivity contribution in [3.63, 3.8) is 0 Å². The number of rotatable bonds is 4. The van der Waals surface area contributed by atoms with E-state index in [-0.39, 0.29) is 24.8 Å². The number of benzene rings is 2. The molecule has 0 saturated carbocycles. The minimum Gasteiger partial charge on any atom is -0.454 e. The van der Waals surface area contributed by atoms with Gasteiger partial charge in [-0.1, -0.05) is 6.07 Å². The summed E-state index contributed by atoms with van der Waals surface area (Å²) in [6.45, 7) is 0.198. The van der Waals surface area contributed by atoms with Crippen LogP contribution in [0.25, 0.3) is 0 Å². The summed E-state index contributed by atoms with van der Waals surface area (Å²) in [7, 11) is 0. The maximum absolute atomic E-state index is 13.4. The Kier molecular flexibility index (Phi) is 3.91. The van der Waals surface area contributed by atoms with Crippen LogP contribution < -0.4 is 14.8 Å². The number of fused-ring (bicyclic) bond motifs is 1. The van der Waals surface area contributed by atoms with Crippen LogP contribution in [-0.2, 0) is 11.2 Å². The van der Waals surface area contributed by atoms with Crippen LogP contribution in [0.15, 0.2) is 36.4 Å². The van der Waals surface area contributed by atoms with Gasteiger partial charge in [-0.25, -0.2) is 8.78 Å². The van der Waals surface area contributed by atoms with Crippen molar-refractivity contribution in [2.45, 2.75) is 12.8 Å². The summed E-state index contributed by atoms with van der Waals surface area (Å²) in [5.74, 6) is -0.487. The molecule has 1 aliphatic rings. The molecule has 0 radical (unpaired) electrons. The number of aryl methyl sites for hydroxylation is 1. The minimum absolute atomic E-state index is 0.0305. The van der Waals surface area contributed by atoms with Gasteiger partial charge in [0.05, 0.1) is 5.69 Å². The highest BCUT2D eigenvalue weighted by atomic mass is 19.1. The zero-order valence-electron chi connectivity index (χ0n) is 11.6. The zero-order chi connectivity index (χ0) is 15.5. The fourth-order valence-electron chi connectivity index (χ4n) is 2.16. The van der Waals surface area contributed by atoms with Crippen molar-refractivity contribution in [1.82, 2.24) is 0 Å². The summed E-state index contributed by atoms with van der Waals surface area (Å²) in [5, 5.41) is 2.42. The monoisotopic (exact) mass is 305 g/mol. The zero-order valence-corrected chi connectivity index (χ0v) is 11.6. The van der Waals surface area contributed by atoms with Crippen LogP contribution in [0.3, 0.4) is 0 Å². The number of carbonyl (C=O) groups is 1. The maximum atomic E-state index is 13.4. The molecule has 0 unspecified atom stereocenters. The fourth-order valence-corrected chi connectivity index (χ4v) is 2.16. The number of halogens is 2. The SMILES string of the molecule is O=C(CCc1ccc2c(c1)OCO2)Nc1ccc(F)cc1F. The van der Waals surface area contributed by atoms with Crippen LogP contribution in [0.1, 0.15) is 12.0 Å². The van der Waals surface area contributed by atoms with Crippen LogP contribution in [0.5, 0.6) is 11.5 Å². The second-order valence-corrected chi connectivity index (χ2v) is 4.86. The molecule has 22 heavy (non-hydrogen) atoms. The Bertz CT molecular complexity index is 719. The summed E-state index contributed by atoms with van der Waals surface area (Å²) < 4.78 is 36.7. The number of nitrogens with one attached hydrogen (secondary N) is 1. The van der Waals surface area contributed by atoms with Crippen LogP contribution in [-0.4, -0.2) is 12.7 Å². The van der Waals surface area contributed by atoms with Gasteiger partial charge in [-0.2, -0.15) is 0 Å². The average Bonchev–Trinajstić information content (AvgIpc) is 2.95. The molecule has 0 bridgehead atoms. The quantitative estimate of drug-likeness (QED) is 0.943. The van der Waals surface area contributed by atoms with Gasteiger partial charge in [0.1, 0.15) is 11.6 Å². The van der Waals surface area contributed by atoms with E-state index in [1.165, 1.54) is 6.07 Å². The number of hydrogen-bond acceptors (Lipinski definition) is 3. The van der Waals surface area contributed by atoms with Gasteiger partial charge in [0.15, 0.2) is 11.5 Å². The van der Waals surface area contributed by atoms with Gasteiger partial charge < -0.3 is 14.8 Å². The lowest BCUT2D eigenvalue weighted by Gasteiger charge is -2.07. The van der Waals surface area contributed by atoms with Crippen LogP contribution in [0.4, 0.5) is 14.5 Å². The third kappa shape index (κ3) is 3.16. The van der Waals surface area contributed by atoms with Crippen LogP contribution in [0, 0.1) is 11.6 Å². The lowest BCUT2D eigenvalue weighted by atomic mass is 10.1. The van der Waals surface area contributed by atoms with E-state index in [9.17, 15) is 13.6 Å². The van der Waals surface area contributed by atoms with Gasteiger partial charge in [-0.15, -0.1) is 0 Å². The van der Waals surface area contributed by atoms with Crippen LogP contribution >= 0.6 is 0 Å².